The third-order valence-electron chi connectivity index (χ3n) is 4.44. The monoisotopic (exact) mass is 324 g/mol. The second-order valence-corrected chi connectivity index (χ2v) is 6.29. The molecule has 5 nitrogen and oxygen atoms in total. The van der Waals surface area contributed by atoms with Crippen molar-refractivity contribution in [1.82, 2.24) is 10.4 Å². The molecule has 6 heteroatoms. The first-order valence-electron chi connectivity index (χ1n) is 7.72. The van der Waals surface area contributed by atoms with Gasteiger partial charge in [0.2, 0.25) is 0 Å². The predicted molar refractivity (Wildman–Crippen MR) is 83.9 cm³/mol. The minimum Gasteiger partial charge on any atom is -0.381 e. The molecule has 0 radical (unpaired) electrons. The highest BCUT2D eigenvalue weighted by Crippen LogP contribution is 2.35. The van der Waals surface area contributed by atoms with Crippen LogP contribution >= 0.6 is 11.6 Å². The molecule has 1 aromatic rings. The first-order valence-corrected chi connectivity index (χ1v) is 8.10. The fourth-order valence-electron chi connectivity index (χ4n) is 3.09. The molecule has 22 heavy (non-hydrogen) atoms. The van der Waals surface area contributed by atoms with Crippen molar-refractivity contribution in [2.24, 2.45) is 0 Å². The van der Waals surface area contributed by atoms with Crippen LogP contribution in [0, 0.1) is 0 Å². The molecule has 2 aliphatic heterocycles. The van der Waals surface area contributed by atoms with Gasteiger partial charge >= 0.3 is 6.03 Å². The molecule has 0 aromatic heterocycles. The van der Waals surface area contributed by atoms with Gasteiger partial charge in [-0.3, -0.25) is 4.84 Å². The molecule has 0 unspecified atom stereocenters. The molecule has 3 rings (SSSR count). The fraction of sp³-hybridized carbons (Fsp3) is 0.562. The Morgan fingerprint density at radius 2 is 2.14 bits per heavy atom. The minimum absolute atomic E-state index is 0.126. The number of hydrogen-bond donors (Lipinski definition) is 1. The van der Waals surface area contributed by atoms with E-state index in [0.717, 1.165) is 29.8 Å². The van der Waals surface area contributed by atoms with E-state index in [0.29, 0.717) is 32.9 Å². The van der Waals surface area contributed by atoms with Crippen LogP contribution in [0.25, 0.3) is 0 Å². The van der Waals surface area contributed by atoms with Gasteiger partial charge in [-0.15, -0.1) is 0 Å². The van der Waals surface area contributed by atoms with E-state index in [1.54, 1.807) is 0 Å². The lowest BCUT2D eigenvalue weighted by molar-refractivity contribution is -0.0669. The molecule has 0 atom stereocenters. The van der Waals surface area contributed by atoms with E-state index in [2.05, 4.69) is 11.4 Å². The molecular weight excluding hydrogens is 304 g/mol. The number of nitrogens with zero attached hydrogens (tertiary/aromatic N) is 1. The van der Waals surface area contributed by atoms with Gasteiger partial charge < -0.3 is 10.1 Å². The summed E-state index contributed by atoms with van der Waals surface area (Å²) < 4.78 is 5.50. The minimum atomic E-state index is -0.162. The molecule has 2 saturated heterocycles. The van der Waals surface area contributed by atoms with Gasteiger partial charge in [0.05, 0.1) is 13.2 Å². The van der Waals surface area contributed by atoms with Crippen molar-refractivity contribution in [1.29, 1.82) is 0 Å². The van der Waals surface area contributed by atoms with E-state index in [9.17, 15) is 4.79 Å². The number of carbonyl (C=O) groups is 1. The third-order valence-corrected chi connectivity index (χ3v) is 4.68. The molecule has 0 spiro atoms. The first-order chi connectivity index (χ1) is 10.7. The average molecular weight is 325 g/mol. The number of ether oxygens (including phenoxy) is 1. The van der Waals surface area contributed by atoms with Gasteiger partial charge in [0.15, 0.2) is 0 Å². The lowest BCUT2D eigenvalue weighted by atomic mass is 9.74. The van der Waals surface area contributed by atoms with Crippen LogP contribution in [0.1, 0.15) is 24.8 Å². The molecule has 2 aliphatic rings. The number of benzene rings is 1. The van der Waals surface area contributed by atoms with Crippen molar-refractivity contribution in [2.45, 2.75) is 24.7 Å². The molecule has 2 amide bonds. The summed E-state index contributed by atoms with van der Waals surface area (Å²) in [6.45, 7) is 3.22. The number of rotatable bonds is 3. The lowest BCUT2D eigenvalue weighted by Crippen LogP contribution is -2.47. The van der Waals surface area contributed by atoms with Crippen molar-refractivity contribution < 1.29 is 14.4 Å². The van der Waals surface area contributed by atoms with Crippen LogP contribution in [0.3, 0.4) is 0 Å². The Hall–Kier alpha value is -1.30. The van der Waals surface area contributed by atoms with E-state index < -0.39 is 0 Å². The van der Waals surface area contributed by atoms with Gasteiger partial charge in [-0.25, -0.2) is 9.86 Å². The van der Waals surface area contributed by atoms with E-state index >= 15 is 0 Å². The Morgan fingerprint density at radius 1 is 1.32 bits per heavy atom. The molecule has 0 bridgehead atoms. The fourth-order valence-corrected chi connectivity index (χ4v) is 3.28. The number of nitrogens with one attached hydrogen (secondary N) is 1. The number of halogens is 1. The highest BCUT2D eigenvalue weighted by atomic mass is 35.5. The normalized spacial score (nSPS) is 20.9. The zero-order chi connectivity index (χ0) is 15.4. The van der Waals surface area contributed by atoms with Gasteiger partial charge in [0, 0.05) is 30.2 Å². The Kier molecular flexibility index (Phi) is 4.86. The Morgan fingerprint density at radius 3 is 2.82 bits per heavy atom. The van der Waals surface area contributed by atoms with Crippen molar-refractivity contribution >= 4 is 17.6 Å². The molecule has 1 aromatic carbocycles. The van der Waals surface area contributed by atoms with Crippen LogP contribution in [0.5, 0.6) is 0 Å². The summed E-state index contributed by atoms with van der Waals surface area (Å²) in [5.74, 6) is 0. The van der Waals surface area contributed by atoms with Crippen molar-refractivity contribution in [3.63, 3.8) is 0 Å². The quantitative estimate of drug-likeness (QED) is 0.930. The highest BCUT2D eigenvalue weighted by Gasteiger charge is 2.35. The number of urea groups is 1. The second kappa shape index (κ2) is 6.86. The number of carbonyl (C=O) groups excluding carboxylic acids is 1. The molecule has 2 heterocycles. The number of amides is 2. The van der Waals surface area contributed by atoms with Gasteiger partial charge in [0.25, 0.3) is 0 Å². The van der Waals surface area contributed by atoms with Crippen LogP contribution in [-0.4, -0.2) is 44.0 Å². The van der Waals surface area contributed by atoms with Crippen LogP contribution in [0.2, 0.25) is 5.02 Å². The van der Waals surface area contributed by atoms with E-state index in [-0.39, 0.29) is 11.4 Å². The summed E-state index contributed by atoms with van der Waals surface area (Å²) >= 11 is 6.15. The van der Waals surface area contributed by atoms with Crippen molar-refractivity contribution in [3.05, 3.63) is 34.9 Å². The summed E-state index contributed by atoms with van der Waals surface area (Å²) in [7, 11) is 0. The summed E-state index contributed by atoms with van der Waals surface area (Å²) in [5.41, 5.74) is 1.03. The predicted octanol–water partition coefficient (Wildman–Crippen LogP) is 2.74. The molecule has 120 valence electrons. The van der Waals surface area contributed by atoms with E-state index in [1.807, 2.05) is 18.2 Å². The number of hydroxylamine groups is 2. The van der Waals surface area contributed by atoms with E-state index in [4.69, 9.17) is 21.2 Å². The molecule has 1 N–H and O–H groups in total. The summed E-state index contributed by atoms with van der Waals surface area (Å²) in [4.78, 5) is 17.4. The summed E-state index contributed by atoms with van der Waals surface area (Å²) in [6.07, 6.45) is 2.63. The topological polar surface area (TPSA) is 50.8 Å². The number of hydrogen-bond acceptors (Lipinski definition) is 3. The third kappa shape index (κ3) is 3.37. The van der Waals surface area contributed by atoms with Crippen molar-refractivity contribution in [3.8, 4) is 0 Å². The second-order valence-electron chi connectivity index (χ2n) is 5.85. The van der Waals surface area contributed by atoms with Crippen LogP contribution in [-0.2, 0) is 15.0 Å². The van der Waals surface area contributed by atoms with Gasteiger partial charge in [-0.2, -0.15) is 0 Å². The smallest absolute Gasteiger partial charge is 0.341 e. The van der Waals surface area contributed by atoms with Crippen LogP contribution in [0.4, 0.5) is 4.79 Å². The average Bonchev–Trinajstić information content (AvgIpc) is 3.08. The highest BCUT2D eigenvalue weighted by molar-refractivity contribution is 6.30. The van der Waals surface area contributed by atoms with Gasteiger partial charge in [-0.1, -0.05) is 23.7 Å². The molecule has 0 saturated carbocycles. The Labute approximate surface area is 135 Å². The molecule has 2 fully saturated rings. The first kappa shape index (κ1) is 15.6. The molecular formula is C16H21ClN2O3. The van der Waals surface area contributed by atoms with Gasteiger partial charge in [-0.05, 0) is 37.0 Å². The van der Waals surface area contributed by atoms with Crippen LogP contribution in [0.15, 0.2) is 24.3 Å². The Balaban J connectivity index is 1.73. The maximum absolute atomic E-state index is 12.2. The SMILES string of the molecule is O=C(NCC1(c2cccc(Cl)c2)CCOCC1)N1CCCO1. The lowest BCUT2D eigenvalue weighted by Gasteiger charge is -2.38. The maximum atomic E-state index is 12.2. The van der Waals surface area contributed by atoms with Crippen molar-refractivity contribution in [2.75, 3.05) is 32.9 Å². The zero-order valence-electron chi connectivity index (χ0n) is 12.5. The van der Waals surface area contributed by atoms with Crippen LogP contribution < -0.4 is 5.32 Å². The largest absolute Gasteiger partial charge is 0.381 e. The summed E-state index contributed by atoms with van der Waals surface area (Å²) in [5, 5.41) is 5.14. The standard InChI is InChI=1S/C16H21ClN2O3/c17-14-4-1-3-13(11-14)16(5-9-21-10-6-16)12-18-15(20)19-7-2-8-22-19/h1,3-4,11H,2,5-10,12H2,(H,18,20). The summed E-state index contributed by atoms with van der Waals surface area (Å²) in [6, 6.07) is 7.74. The zero-order valence-corrected chi connectivity index (χ0v) is 13.3. The maximum Gasteiger partial charge on any atom is 0.341 e. The van der Waals surface area contributed by atoms with E-state index in [1.165, 1.54) is 5.06 Å². The molecule has 0 aliphatic carbocycles. The Bertz CT molecular complexity index is 526. The van der Waals surface area contributed by atoms with Gasteiger partial charge in [0.1, 0.15) is 0 Å².